The van der Waals surface area contributed by atoms with Gasteiger partial charge in [0.2, 0.25) is 0 Å². The van der Waals surface area contributed by atoms with Crippen LogP contribution in [0.3, 0.4) is 0 Å². The summed E-state index contributed by atoms with van der Waals surface area (Å²) in [6.07, 6.45) is 0. The van der Waals surface area contributed by atoms with Crippen LogP contribution < -0.4 is 0 Å². The van der Waals surface area contributed by atoms with Crippen LogP contribution in [0.4, 0.5) is 4.79 Å². The molecule has 0 saturated carbocycles. The van der Waals surface area contributed by atoms with Crippen molar-refractivity contribution in [1.29, 1.82) is 0 Å². The second-order valence-corrected chi connectivity index (χ2v) is 2.12. The standard InChI is InChI=1S/C5H7ClO3/c1-3(2)4(7)9-5(6)8/h3H,1-2H3. The summed E-state index contributed by atoms with van der Waals surface area (Å²) in [7, 11) is 0. The van der Waals surface area contributed by atoms with E-state index in [0.717, 1.165) is 0 Å². The molecule has 0 amide bonds. The Morgan fingerprint density at radius 3 is 2.00 bits per heavy atom. The molecule has 0 atom stereocenters. The third kappa shape index (κ3) is 3.97. The van der Waals surface area contributed by atoms with Crippen LogP contribution in [-0.4, -0.2) is 11.4 Å². The molecule has 0 N–H and O–H groups in total. The monoisotopic (exact) mass is 150 g/mol. The van der Waals surface area contributed by atoms with E-state index in [1.807, 2.05) is 0 Å². The minimum Gasteiger partial charge on any atom is -0.380 e. The van der Waals surface area contributed by atoms with Crippen LogP contribution >= 0.6 is 11.6 Å². The van der Waals surface area contributed by atoms with E-state index in [9.17, 15) is 9.59 Å². The topological polar surface area (TPSA) is 43.4 Å². The summed E-state index contributed by atoms with van der Waals surface area (Å²) in [5.41, 5.74) is -1.08. The zero-order valence-corrected chi connectivity index (χ0v) is 5.94. The molecule has 0 bridgehead atoms. The highest BCUT2D eigenvalue weighted by molar-refractivity contribution is 6.61. The number of rotatable bonds is 1. The van der Waals surface area contributed by atoms with Gasteiger partial charge in [-0.2, -0.15) is 0 Å². The molecular formula is C5H7ClO3. The maximum atomic E-state index is 10.4. The molecule has 0 aliphatic heterocycles. The minimum absolute atomic E-state index is 0.312. The fourth-order valence-electron chi connectivity index (χ4n) is 0.197. The molecule has 3 nitrogen and oxygen atoms in total. The van der Waals surface area contributed by atoms with Gasteiger partial charge in [-0.25, -0.2) is 4.79 Å². The van der Waals surface area contributed by atoms with Crippen LogP contribution in [0.1, 0.15) is 13.8 Å². The lowest BCUT2D eigenvalue weighted by atomic mass is 10.2. The Bertz CT molecular complexity index is 130. The van der Waals surface area contributed by atoms with Gasteiger partial charge in [0.15, 0.2) is 0 Å². The fourth-order valence-corrected chi connectivity index (χ4v) is 0.273. The lowest BCUT2D eigenvalue weighted by Crippen LogP contribution is -2.12. The van der Waals surface area contributed by atoms with Crippen molar-refractivity contribution in [2.24, 2.45) is 5.92 Å². The maximum Gasteiger partial charge on any atom is 0.411 e. The van der Waals surface area contributed by atoms with Crippen LogP contribution in [0.15, 0.2) is 0 Å². The minimum atomic E-state index is -1.08. The van der Waals surface area contributed by atoms with Crippen molar-refractivity contribution in [2.75, 3.05) is 0 Å². The smallest absolute Gasteiger partial charge is 0.380 e. The van der Waals surface area contributed by atoms with E-state index in [1.165, 1.54) is 0 Å². The van der Waals surface area contributed by atoms with Gasteiger partial charge < -0.3 is 4.74 Å². The van der Waals surface area contributed by atoms with E-state index < -0.39 is 11.4 Å². The lowest BCUT2D eigenvalue weighted by Gasteiger charge is -1.98. The van der Waals surface area contributed by atoms with Crippen LogP contribution in [0.25, 0.3) is 0 Å². The highest BCUT2D eigenvalue weighted by Gasteiger charge is 2.10. The molecule has 52 valence electrons. The Kier molecular flexibility index (Phi) is 3.24. The van der Waals surface area contributed by atoms with Gasteiger partial charge >= 0.3 is 11.4 Å². The number of esters is 1. The second-order valence-electron chi connectivity index (χ2n) is 1.81. The van der Waals surface area contributed by atoms with E-state index in [1.54, 1.807) is 13.8 Å². The summed E-state index contributed by atoms with van der Waals surface area (Å²) in [4.78, 5) is 20.3. The second kappa shape index (κ2) is 3.45. The van der Waals surface area contributed by atoms with Gasteiger partial charge in [0.1, 0.15) is 0 Å². The van der Waals surface area contributed by atoms with Crippen molar-refractivity contribution in [3.63, 3.8) is 0 Å². The summed E-state index contributed by atoms with van der Waals surface area (Å²) in [5, 5.41) is 0. The predicted octanol–water partition coefficient (Wildman–Crippen LogP) is 1.54. The van der Waals surface area contributed by atoms with Gasteiger partial charge in [-0.05, 0) is 0 Å². The Labute approximate surface area is 57.9 Å². The molecule has 4 heteroatoms. The molecule has 0 fully saturated rings. The van der Waals surface area contributed by atoms with Crippen molar-refractivity contribution in [2.45, 2.75) is 13.8 Å². The van der Waals surface area contributed by atoms with Gasteiger partial charge in [0.05, 0.1) is 5.92 Å². The molecule has 9 heavy (non-hydrogen) atoms. The van der Waals surface area contributed by atoms with E-state index in [4.69, 9.17) is 11.6 Å². The summed E-state index contributed by atoms with van der Waals surface area (Å²) >= 11 is 4.73. The normalized spacial score (nSPS) is 9.33. The molecule has 0 radical (unpaired) electrons. The number of halogens is 1. The summed E-state index contributed by atoms with van der Waals surface area (Å²) in [6, 6.07) is 0. The largest absolute Gasteiger partial charge is 0.411 e. The molecule has 0 aliphatic rings. The molecule has 0 heterocycles. The lowest BCUT2D eigenvalue weighted by molar-refractivity contribution is -0.139. The third-order valence-corrected chi connectivity index (χ3v) is 0.729. The first-order valence-corrected chi connectivity index (χ1v) is 2.83. The van der Waals surface area contributed by atoms with Gasteiger partial charge in [-0.1, -0.05) is 13.8 Å². The van der Waals surface area contributed by atoms with E-state index in [0.29, 0.717) is 0 Å². The van der Waals surface area contributed by atoms with Crippen molar-refractivity contribution < 1.29 is 14.3 Å². The number of ether oxygens (including phenoxy) is 1. The Balaban J connectivity index is 3.64. The van der Waals surface area contributed by atoms with Crippen LogP contribution in [0, 0.1) is 5.92 Å². The first-order chi connectivity index (χ1) is 4.04. The highest BCUT2D eigenvalue weighted by atomic mass is 35.5. The van der Waals surface area contributed by atoms with Crippen molar-refractivity contribution >= 4 is 23.0 Å². The van der Waals surface area contributed by atoms with Gasteiger partial charge in [-0.3, -0.25) is 4.79 Å². The van der Waals surface area contributed by atoms with E-state index in [-0.39, 0.29) is 5.92 Å². The van der Waals surface area contributed by atoms with E-state index >= 15 is 0 Å². The molecule has 0 saturated heterocycles. The number of hydrogen-bond acceptors (Lipinski definition) is 3. The van der Waals surface area contributed by atoms with E-state index in [2.05, 4.69) is 4.74 Å². The van der Waals surface area contributed by atoms with Crippen LogP contribution in [0.2, 0.25) is 0 Å². The van der Waals surface area contributed by atoms with Crippen molar-refractivity contribution in [1.82, 2.24) is 0 Å². The number of carbonyl (C=O) groups excluding carboxylic acids is 2. The quantitative estimate of drug-likeness (QED) is 0.324. The third-order valence-electron chi connectivity index (χ3n) is 0.652. The Morgan fingerprint density at radius 2 is 1.89 bits per heavy atom. The number of carbonyl (C=O) groups is 2. The van der Waals surface area contributed by atoms with Crippen molar-refractivity contribution in [3.8, 4) is 0 Å². The summed E-state index contributed by atoms with van der Waals surface area (Å²) in [6.45, 7) is 3.23. The van der Waals surface area contributed by atoms with Gasteiger partial charge in [0, 0.05) is 11.6 Å². The zero-order valence-electron chi connectivity index (χ0n) is 5.18. The maximum absolute atomic E-state index is 10.4. The van der Waals surface area contributed by atoms with Crippen LogP contribution in [-0.2, 0) is 9.53 Å². The Morgan fingerprint density at radius 1 is 1.44 bits per heavy atom. The number of hydrogen-bond donors (Lipinski definition) is 0. The first-order valence-electron chi connectivity index (χ1n) is 2.45. The first kappa shape index (κ1) is 8.43. The molecule has 0 aliphatic carbocycles. The average Bonchev–Trinajstić information content (AvgIpc) is 1.63. The summed E-state index contributed by atoms with van der Waals surface area (Å²) in [5.74, 6) is -0.914. The molecule has 0 aromatic rings. The molecular weight excluding hydrogens is 144 g/mol. The zero-order chi connectivity index (χ0) is 7.44. The average molecular weight is 151 g/mol. The van der Waals surface area contributed by atoms with Crippen molar-refractivity contribution in [3.05, 3.63) is 0 Å². The molecule has 0 unspecified atom stereocenters. The Hall–Kier alpha value is -0.570. The van der Waals surface area contributed by atoms with Gasteiger partial charge in [0.25, 0.3) is 0 Å². The van der Waals surface area contributed by atoms with Gasteiger partial charge in [-0.15, -0.1) is 0 Å². The predicted molar refractivity (Wildman–Crippen MR) is 32.2 cm³/mol. The summed E-state index contributed by atoms with van der Waals surface area (Å²) < 4.78 is 4.00. The fraction of sp³-hybridized carbons (Fsp3) is 0.600. The molecule has 0 aromatic carbocycles. The molecule has 0 spiro atoms. The molecule has 0 aromatic heterocycles. The molecule has 0 rings (SSSR count). The highest BCUT2D eigenvalue weighted by Crippen LogP contribution is 1.97. The van der Waals surface area contributed by atoms with Crippen LogP contribution in [0.5, 0.6) is 0 Å². The SMILES string of the molecule is CC(C)C(=O)OC(=O)Cl.